The van der Waals surface area contributed by atoms with Gasteiger partial charge in [-0.25, -0.2) is 9.97 Å². The Labute approximate surface area is 117 Å². The van der Waals surface area contributed by atoms with Crippen LogP contribution < -0.4 is 0 Å². The number of hydrogen-bond acceptors (Lipinski definition) is 3. The topological polar surface area (TPSA) is 61.8 Å². The zero-order valence-corrected chi connectivity index (χ0v) is 11.8. The van der Waals surface area contributed by atoms with E-state index < -0.39 is 0 Å². The zero-order chi connectivity index (χ0) is 12.7. The monoisotopic (exact) mass is 351 g/mol. The predicted octanol–water partition coefficient (Wildman–Crippen LogP) is 3.24. The highest BCUT2D eigenvalue weighted by Gasteiger charge is 2.08. The molecular weight excluding hydrogens is 341 g/mol. The van der Waals surface area contributed by atoms with Crippen molar-refractivity contribution >= 4 is 33.8 Å². The average Bonchev–Trinajstić information content (AvgIpc) is 2.75. The van der Waals surface area contributed by atoms with Gasteiger partial charge in [-0.1, -0.05) is 0 Å². The standard InChI is InChI=1S/C13H10IN3O/c1-7-2-5-10-13(15-7)17-12(16-10)8-3-4-9(14)11(18)6-8/h2-6,18H,1H3,(H,15,16,17). The van der Waals surface area contributed by atoms with E-state index in [9.17, 15) is 5.11 Å². The number of aromatic amines is 1. The van der Waals surface area contributed by atoms with Gasteiger partial charge in [0.2, 0.25) is 0 Å². The predicted molar refractivity (Wildman–Crippen MR) is 78.4 cm³/mol. The summed E-state index contributed by atoms with van der Waals surface area (Å²) in [6.07, 6.45) is 0. The summed E-state index contributed by atoms with van der Waals surface area (Å²) in [4.78, 5) is 12.0. The van der Waals surface area contributed by atoms with Gasteiger partial charge in [0.25, 0.3) is 0 Å². The lowest BCUT2D eigenvalue weighted by Gasteiger charge is -1.99. The Morgan fingerprint density at radius 2 is 2.00 bits per heavy atom. The van der Waals surface area contributed by atoms with E-state index in [1.54, 1.807) is 6.07 Å². The lowest BCUT2D eigenvalue weighted by Crippen LogP contribution is -1.82. The molecule has 90 valence electrons. The van der Waals surface area contributed by atoms with Crippen molar-refractivity contribution < 1.29 is 5.11 Å². The van der Waals surface area contributed by atoms with Gasteiger partial charge in [0.1, 0.15) is 11.6 Å². The first kappa shape index (κ1) is 11.5. The van der Waals surface area contributed by atoms with Crippen molar-refractivity contribution in [2.75, 3.05) is 0 Å². The second-order valence-corrected chi connectivity index (χ2v) is 5.24. The fourth-order valence-corrected chi connectivity index (χ4v) is 2.12. The van der Waals surface area contributed by atoms with Crippen molar-refractivity contribution in [3.63, 3.8) is 0 Å². The minimum absolute atomic E-state index is 0.262. The molecule has 0 atom stereocenters. The van der Waals surface area contributed by atoms with E-state index in [1.165, 1.54) is 0 Å². The van der Waals surface area contributed by atoms with Crippen LogP contribution in [0.2, 0.25) is 0 Å². The fraction of sp³-hybridized carbons (Fsp3) is 0.0769. The number of H-pyrrole nitrogens is 1. The molecule has 0 radical (unpaired) electrons. The Hall–Kier alpha value is -1.63. The Balaban J connectivity index is 2.16. The maximum atomic E-state index is 9.72. The number of nitrogens with one attached hydrogen (secondary N) is 1. The smallest absolute Gasteiger partial charge is 0.178 e. The quantitative estimate of drug-likeness (QED) is 0.662. The second kappa shape index (κ2) is 4.24. The normalized spacial score (nSPS) is 11.0. The molecular formula is C13H10IN3O. The van der Waals surface area contributed by atoms with Gasteiger partial charge in [-0.05, 0) is 59.8 Å². The van der Waals surface area contributed by atoms with E-state index in [2.05, 4.69) is 37.5 Å². The van der Waals surface area contributed by atoms with E-state index in [0.29, 0.717) is 5.65 Å². The van der Waals surface area contributed by atoms with Crippen LogP contribution in [0.4, 0.5) is 0 Å². The SMILES string of the molecule is Cc1ccc2[nH]c(-c3ccc(I)c(O)c3)nc2n1. The number of phenols is 1. The maximum Gasteiger partial charge on any atom is 0.178 e. The van der Waals surface area contributed by atoms with Gasteiger partial charge in [0.15, 0.2) is 5.65 Å². The third kappa shape index (κ3) is 1.94. The Bertz CT molecular complexity index is 736. The lowest BCUT2D eigenvalue weighted by molar-refractivity contribution is 0.471. The van der Waals surface area contributed by atoms with Crippen LogP contribution in [0.5, 0.6) is 5.75 Å². The highest BCUT2D eigenvalue weighted by Crippen LogP contribution is 2.26. The maximum absolute atomic E-state index is 9.72. The summed E-state index contributed by atoms with van der Waals surface area (Å²) < 4.78 is 0.821. The minimum atomic E-state index is 0.262. The van der Waals surface area contributed by atoms with Gasteiger partial charge in [-0.15, -0.1) is 0 Å². The zero-order valence-electron chi connectivity index (χ0n) is 9.61. The molecule has 0 fully saturated rings. The molecule has 2 N–H and O–H groups in total. The third-order valence-electron chi connectivity index (χ3n) is 2.70. The average molecular weight is 351 g/mol. The summed E-state index contributed by atoms with van der Waals surface area (Å²) in [5, 5.41) is 9.72. The molecule has 0 bridgehead atoms. The highest BCUT2D eigenvalue weighted by molar-refractivity contribution is 14.1. The van der Waals surface area contributed by atoms with Crippen molar-refractivity contribution in [2.45, 2.75) is 6.92 Å². The number of nitrogens with zero attached hydrogens (tertiary/aromatic N) is 2. The first-order valence-corrected chi connectivity index (χ1v) is 6.53. The summed E-state index contributed by atoms with van der Waals surface area (Å²) in [5.74, 6) is 0.979. The van der Waals surface area contributed by atoms with E-state index in [1.807, 2.05) is 31.2 Å². The molecule has 1 aromatic carbocycles. The molecule has 0 aliphatic carbocycles. The minimum Gasteiger partial charge on any atom is -0.507 e. The third-order valence-corrected chi connectivity index (χ3v) is 3.62. The summed E-state index contributed by atoms with van der Waals surface area (Å²) >= 11 is 2.09. The van der Waals surface area contributed by atoms with Crippen LogP contribution in [0.25, 0.3) is 22.6 Å². The van der Waals surface area contributed by atoms with Crippen LogP contribution >= 0.6 is 22.6 Å². The van der Waals surface area contributed by atoms with E-state index >= 15 is 0 Å². The van der Waals surface area contributed by atoms with Gasteiger partial charge in [-0.2, -0.15) is 0 Å². The highest BCUT2D eigenvalue weighted by atomic mass is 127. The summed E-state index contributed by atoms with van der Waals surface area (Å²) in [5.41, 5.74) is 3.38. The fourth-order valence-electron chi connectivity index (χ4n) is 1.78. The van der Waals surface area contributed by atoms with Gasteiger partial charge < -0.3 is 10.1 Å². The molecule has 0 spiro atoms. The van der Waals surface area contributed by atoms with E-state index in [4.69, 9.17) is 0 Å². The first-order chi connectivity index (χ1) is 8.63. The van der Waals surface area contributed by atoms with E-state index in [-0.39, 0.29) is 5.75 Å². The Morgan fingerprint density at radius 3 is 2.78 bits per heavy atom. The number of hydrogen-bond donors (Lipinski definition) is 2. The summed E-state index contributed by atoms with van der Waals surface area (Å²) in [6, 6.07) is 9.38. The van der Waals surface area contributed by atoms with Crippen LogP contribution in [-0.4, -0.2) is 20.1 Å². The number of imidazole rings is 1. The summed E-state index contributed by atoms with van der Waals surface area (Å²) in [6.45, 7) is 1.94. The number of rotatable bonds is 1. The molecule has 4 nitrogen and oxygen atoms in total. The van der Waals surface area contributed by atoms with Crippen LogP contribution in [0.1, 0.15) is 5.69 Å². The Morgan fingerprint density at radius 1 is 1.17 bits per heavy atom. The molecule has 0 saturated carbocycles. The molecule has 0 unspecified atom stereocenters. The molecule has 0 saturated heterocycles. The molecule has 2 heterocycles. The number of halogens is 1. The summed E-state index contributed by atoms with van der Waals surface area (Å²) in [7, 11) is 0. The number of aryl methyl sites for hydroxylation is 1. The molecule has 3 aromatic rings. The largest absolute Gasteiger partial charge is 0.507 e. The van der Waals surface area contributed by atoms with Gasteiger partial charge in [0.05, 0.1) is 9.09 Å². The molecule has 2 aromatic heterocycles. The van der Waals surface area contributed by atoms with Crippen molar-refractivity contribution in [1.82, 2.24) is 15.0 Å². The number of phenolic OH excluding ortho intramolecular Hbond substituents is 1. The number of aromatic hydroxyl groups is 1. The number of pyridine rings is 1. The number of fused-ring (bicyclic) bond motifs is 1. The molecule has 0 aliphatic heterocycles. The molecule has 18 heavy (non-hydrogen) atoms. The van der Waals surface area contributed by atoms with Crippen LogP contribution in [0.3, 0.4) is 0 Å². The van der Waals surface area contributed by atoms with Crippen molar-refractivity contribution in [3.05, 3.63) is 39.6 Å². The van der Waals surface area contributed by atoms with Gasteiger partial charge in [0, 0.05) is 11.3 Å². The van der Waals surface area contributed by atoms with Crippen LogP contribution in [0.15, 0.2) is 30.3 Å². The second-order valence-electron chi connectivity index (χ2n) is 4.08. The van der Waals surface area contributed by atoms with Crippen molar-refractivity contribution in [1.29, 1.82) is 0 Å². The van der Waals surface area contributed by atoms with Crippen LogP contribution in [0, 0.1) is 10.5 Å². The molecule has 0 amide bonds. The molecule has 3 rings (SSSR count). The molecule has 5 heteroatoms. The lowest BCUT2D eigenvalue weighted by atomic mass is 10.2. The van der Waals surface area contributed by atoms with Crippen LogP contribution in [-0.2, 0) is 0 Å². The van der Waals surface area contributed by atoms with Crippen molar-refractivity contribution in [3.8, 4) is 17.1 Å². The van der Waals surface area contributed by atoms with Crippen molar-refractivity contribution in [2.24, 2.45) is 0 Å². The molecule has 0 aliphatic rings. The van der Waals surface area contributed by atoms with Gasteiger partial charge >= 0.3 is 0 Å². The van der Waals surface area contributed by atoms with Gasteiger partial charge in [-0.3, -0.25) is 0 Å². The first-order valence-electron chi connectivity index (χ1n) is 5.46. The number of aromatic nitrogens is 3. The van der Waals surface area contributed by atoms with E-state index in [0.717, 1.165) is 26.2 Å². The number of benzene rings is 1. The Kier molecular flexibility index (Phi) is 2.70.